The van der Waals surface area contributed by atoms with Crippen LogP contribution in [0.1, 0.15) is 52.4 Å². The second-order valence-corrected chi connectivity index (χ2v) is 5.59. The van der Waals surface area contributed by atoms with E-state index in [2.05, 4.69) is 29.8 Å². The van der Waals surface area contributed by atoms with Crippen LogP contribution in [0.5, 0.6) is 0 Å². The van der Waals surface area contributed by atoms with E-state index in [9.17, 15) is 0 Å². The van der Waals surface area contributed by atoms with Crippen LogP contribution in [-0.4, -0.2) is 18.0 Å². The molecule has 1 saturated carbocycles. The monoisotopic (exact) mass is 276 g/mol. The number of alkyl halides is 1. The molecule has 1 fully saturated rings. The Morgan fingerprint density at radius 2 is 2.07 bits per heavy atom. The molecule has 0 amide bonds. The molecule has 0 radical (unpaired) electrons. The summed E-state index contributed by atoms with van der Waals surface area (Å²) in [4.78, 5) is 0. The van der Waals surface area contributed by atoms with Gasteiger partial charge in [-0.2, -0.15) is 0 Å². The van der Waals surface area contributed by atoms with Gasteiger partial charge in [0.25, 0.3) is 0 Å². The van der Waals surface area contributed by atoms with Crippen LogP contribution >= 0.6 is 15.9 Å². The van der Waals surface area contributed by atoms with Gasteiger partial charge in [-0.1, -0.05) is 49.0 Å². The smallest absolute Gasteiger partial charge is 0.0600 e. The first kappa shape index (κ1) is 13.5. The van der Waals surface area contributed by atoms with Gasteiger partial charge < -0.3 is 4.74 Å². The fourth-order valence-electron chi connectivity index (χ4n) is 2.40. The molecule has 3 unspecified atom stereocenters. The number of halogens is 1. The summed E-state index contributed by atoms with van der Waals surface area (Å²) in [6.07, 6.45) is 8.49. The minimum Gasteiger partial charge on any atom is -0.378 e. The Bertz CT molecular complexity index is 161. The van der Waals surface area contributed by atoms with E-state index in [4.69, 9.17) is 4.74 Å². The maximum absolute atomic E-state index is 6.07. The van der Waals surface area contributed by atoms with Crippen molar-refractivity contribution < 1.29 is 4.74 Å². The number of ether oxygens (including phenoxy) is 1. The highest BCUT2D eigenvalue weighted by Crippen LogP contribution is 2.27. The topological polar surface area (TPSA) is 9.23 Å². The molecule has 0 aromatic rings. The summed E-state index contributed by atoms with van der Waals surface area (Å²) in [6, 6.07) is 0. The summed E-state index contributed by atoms with van der Waals surface area (Å²) >= 11 is 3.58. The maximum atomic E-state index is 6.07. The molecule has 0 aromatic carbocycles. The third-order valence-corrected chi connectivity index (χ3v) is 4.41. The Morgan fingerprint density at radius 1 is 1.33 bits per heavy atom. The summed E-state index contributed by atoms with van der Waals surface area (Å²) in [5.41, 5.74) is 0. The lowest BCUT2D eigenvalue weighted by molar-refractivity contribution is -0.0196. The third kappa shape index (κ3) is 4.86. The molecule has 0 aliphatic heterocycles. The van der Waals surface area contributed by atoms with Gasteiger partial charge in [0.2, 0.25) is 0 Å². The zero-order valence-electron chi connectivity index (χ0n) is 10.2. The van der Waals surface area contributed by atoms with Crippen molar-refractivity contribution in [2.75, 3.05) is 11.9 Å². The van der Waals surface area contributed by atoms with Gasteiger partial charge in [-0.05, 0) is 31.1 Å². The van der Waals surface area contributed by atoms with Gasteiger partial charge in [0.05, 0.1) is 12.7 Å². The summed E-state index contributed by atoms with van der Waals surface area (Å²) in [5.74, 6) is 1.49. The fourth-order valence-corrected chi connectivity index (χ4v) is 2.91. The van der Waals surface area contributed by atoms with Gasteiger partial charge in [-0.3, -0.25) is 0 Å². The highest BCUT2D eigenvalue weighted by molar-refractivity contribution is 9.09. The van der Waals surface area contributed by atoms with Gasteiger partial charge >= 0.3 is 0 Å². The van der Waals surface area contributed by atoms with E-state index >= 15 is 0 Å². The molecule has 1 rings (SSSR count). The molecule has 1 aliphatic rings. The lowest BCUT2D eigenvalue weighted by Crippen LogP contribution is -2.28. The van der Waals surface area contributed by atoms with E-state index in [1.54, 1.807) is 0 Å². The van der Waals surface area contributed by atoms with Crippen molar-refractivity contribution in [3.63, 3.8) is 0 Å². The predicted octanol–water partition coefficient (Wildman–Crippen LogP) is 4.39. The molecule has 0 saturated heterocycles. The molecule has 0 heterocycles. The normalized spacial score (nSPS) is 29.0. The van der Waals surface area contributed by atoms with Crippen molar-refractivity contribution >= 4 is 15.9 Å². The minimum absolute atomic E-state index is 0.539. The van der Waals surface area contributed by atoms with Crippen LogP contribution < -0.4 is 0 Å². The Kier molecular flexibility index (Phi) is 6.91. The molecular formula is C13H25BrO. The molecule has 2 heteroatoms. The Morgan fingerprint density at radius 3 is 2.67 bits per heavy atom. The Balaban J connectivity index is 2.21. The standard InChI is InChI=1S/C13H25BrO/c1-3-6-12(9-14)10-15-13-8-5-4-7-11(13)2/h11-13H,3-10H2,1-2H3. The van der Waals surface area contributed by atoms with Crippen LogP contribution in [-0.2, 0) is 4.74 Å². The number of hydrogen-bond acceptors (Lipinski definition) is 1. The van der Waals surface area contributed by atoms with Crippen LogP contribution in [0.2, 0.25) is 0 Å². The first-order chi connectivity index (χ1) is 7.27. The second kappa shape index (κ2) is 7.67. The molecule has 0 bridgehead atoms. The van der Waals surface area contributed by atoms with Crippen molar-refractivity contribution in [3.05, 3.63) is 0 Å². The molecule has 0 N–H and O–H groups in total. The van der Waals surface area contributed by atoms with Crippen molar-refractivity contribution in [3.8, 4) is 0 Å². The predicted molar refractivity (Wildman–Crippen MR) is 69.6 cm³/mol. The Hall–Kier alpha value is 0.440. The van der Waals surface area contributed by atoms with Gasteiger partial charge in [-0.25, -0.2) is 0 Å². The fraction of sp³-hybridized carbons (Fsp3) is 1.00. The molecule has 0 spiro atoms. The second-order valence-electron chi connectivity index (χ2n) is 4.94. The number of rotatable bonds is 6. The van der Waals surface area contributed by atoms with Gasteiger partial charge in [-0.15, -0.1) is 0 Å². The van der Waals surface area contributed by atoms with Crippen LogP contribution in [0.3, 0.4) is 0 Å². The van der Waals surface area contributed by atoms with Gasteiger partial charge in [0, 0.05) is 5.33 Å². The van der Waals surface area contributed by atoms with Crippen molar-refractivity contribution in [2.24, 2.45) is 11.8 Å². The van der Waals surface area contributed by atoms with Gasteiger partial charge in [0.1, 0.15) is 0 Å². The highest BCUT2D eigenvalue weighted by Gasteiger charge is 2.22. The molecule has 1 nitrogen and oxygen atoms in total. The molecule has 0 aromatic heterocycles. The summed E-state index contributed by atoms with van der Waals surface area (Å²) in [5, 5.41) is 1.09. The zero-order chi connectivity index (χ0) is 11.1. The average Bonchev–Trinajstić information content (AvgIpc) is 2.26. The van der Waals surface area contributed by atoms with Crippen LogP contribution in [0, 0.1) is 11.8 Å². The van der Waals surface area contributed by atoms with Crippen molar-refractivity contribution in [1.29, 1.82) is 0 Å². The number of hydrogen-bond donors (Lipinski definition) is 0. The van der Waals surface area contributed by atoms with E-state index in [0.29, 0.717) is 12.0 Å². The maximum Gasteiger partial charge on any atom is 0.0600 e. The minimum atomic E-state index is 0.539. The van der Waals surface area contributed by atoms with E-state index in [1.807, 2.05) is 0 Å². The van der Waals surface area contributed by atoms with Crippen LogP contribution in [0.15, 0.2) is 0 Å². The molecule has 15 heavy (non-hydrogen) atoms. The van der Waals surface area contributed by atoms with Crippen molar-refractivity contribution in [2.45, 2.75) is 58.5 Å². The summed E-state index contributed by atoms with van der Waals surface area (Å²) in [6.45, 7) is 5.54. The van der Waals surface area contributed by atoms with E-state index < -0.39 is 0 Å². The largest absolute Gasteiger partial charge is 0.378 e. The summed E-state index contributed by atoms with van der Waals surface area (Å²) < 4.78 is 6.07. The molecule has 3 atom stereocenters. The van der Waals surface area contributed by atoms with E-state index in [-0.39, 0.29) is 0 Å². The van der Waals surface area contributed by atoms with Gasteiger partial charge in [0.15, 0.2) is 0 Å². The molecule has 1 aliphatic carbocycles. The highest BCUT2D eigenvalue weighted by atomic mass is 79.9. The quantitative estimate of drug-likeness (QED) is 0.654. The summed E-state index contributed by atoms with van der Waals surface area (Å²) in [7, 11) is 0. The van der Waals surface area contributed by atoms with Crippen LogP contribution in [0.25, 0.3) is 0 Å². The third-order valence-electron chi connectivity index (χ3n) is 3.49. The average molecular weight is 277 g/mol. The van der Waals surface area contributed by atoms with E-state index in [1.165, 1.54) is 38.5 Å². The zero-order valence-corrected chi connectivity index (χ0v) is 11.8. The molecule has 90 valence electrons. The van der Waals surface area contributed by atoms with Crippen molar-refractivity contribution in [1.82, 2.24) is 0 Å². The van der Waals surface area contributed by atoms with Crippen LogP contribution in [0.4, 0.5) is 0 Å². The first-order valence-corrected chi connectivity index (χ1v) is 7.57. The lowest BCUT2D eigenvalue weighted by atomic mass is 9.88. The Labute approximate surface area is 103 Å². The SMILES string of the molecule is CCCC(CBr)COC1CCCCC1C. The van der Waals surface area contributed by atoms with E-state index in [0.717, 1.165) is 17.9 Å². The first-order valence-electron chi connectivity index (χ1n) is 6.45. The lowest BCUT2D eigenvalue weighted by Gasteiger charge is -2.30. The molecular weight excluding hydrogens is 252 g/mol.